The molecule has 3 nitrogen and oxygen atoms in total. The van der Waals surface area contributed by atoms with Crippen molar-refractivity contribution in [1.29, 1.82) is 0 Å². The number of carbonyl (C=O) groups excluding carboxylic acids is 1. The van der Waals surface area contributed by atoms with Gasteiger partial charge in [0, 0.05) is 23.4 Å². The van der Waals surface area contributed by atoms with E-state index in [0.29, 0.717) is 19.5 Å². The Morgan fingerprint density at radius 3 is 2.71 bits per heavy atom. The number of hydrogen-bond acceptors (Lipinski definition) is 3. The number of nitrogens with zero attached hydrogens (tertiary/aromatic N) is 1. The summed E-state index contributed by atoms with van der Waals surface area (Å²) in [7, 11) is 0. The van der Waals surface area contributed by atoms with E-state index in [1.807, 2.05) is 17.0 Å². The molecule has 1 aromatic heterocycles. The van der Waals surface area contributed by atoms with Crippen LogP contribution in [0.2, 0.25) is 4.34 Å². The van der Waals surface area contributed by atoms with Crippen LogP contribution in [0.3, 0.4) is 0 Å². The van der Waals surface area contributed by atoms with Gasteiger partial charge in [-0.2, -0.15) is 0 Å². The average Bonchev–Trinajstić information content (AvgIpc) is 2.84. The van der Waals surface area contributed by atoms with Crippen LogP contribution in [0.4, 0.5) is 0 Å². The van der Waals surface area contributed by atoms with E-state index in [-0.39, 0.29) is 11.4 Å². The van der Waals surface area contributed by atoms with Gasteiger partial charge >= 0.3 is 0 Å². The van der Waals surface area contributed by atoms with Gasteiger partial charge in [0.25, 0.3) is 0 Å². The first-order valence-electron chi connectivity index (χ1n) is 7.44. The van der Waals surface area contributed by atoms with Gasteiger partial charge in [-0.15, -0.1) is 17.9 Å². The molecule has 1 fully saturated rings. The van der Waals surface area contributed by atoms with Gasteiger partial charge < -0.3 is 10.6 Å². The normalized spacial score (nSPS) is 17.4. The van der Waals surface area contributed by atoms with Crippen molar-refractivity contribution in [3.05, 3.63) is 34.0 Å². The summed E-state index contributed by atoms with van der Waals surface area (Å²) in [5, 5.41) is 0. The van der Waals surface area contributed by atoms with Gasteiger partial charge in [0.1, 0.15) is 0 Å². The van der Waals surface area contributed by atoms with Gasteiger partial charge in [0.2, 0.25) is 5.91 Å². The molecule has 0 saturated heterocycles. The summed E-state index contributed by atoms with van der Waals surface area (Å²) in [6.45, 7) is 4.87. The first-order valence-corrected chi connectivity index (χ1v) is 8.64. The number of carbonyl (C=O) groups is 1. The highest BCUT2D eigenvalue weighted by Crippen LogP contribution is 2.30. The molecule has 5 heteroatoms. The maximum atomic E-state index is 12.6. The molecule has 21 heavy (non-hydrogen) atoms. The number of amides is 1. The summed E-state index contributed by atoms with van der Waals surface area (Å²) in [5.41, 5.74) is 6.08. The summed E-state index contributed by atoms with van der Waals surface area (Å²) in [4.78, 5) is 15.5. The molecule has 0 aliphatic heterocycles. The molecule has 0 atom stereocenters. The number of nitrogens with two attached hydrogens (primary N) is 1. The SMILES string of the molecule is C=CCN(Cc1ccc(Cl)s1)C(=O)CC1(N)CCCCC1. The predicted molar refractivity (Wildman–Crippen MR) is 89.6 cm³/mol. The fraction of sp³-hybridized carbons (Fsp3) is 0.562. The molecular formula is C16H23ClN2OS. The minimum Gasteiger partial charge on any atom is -0.334 e. The fourth-order valence-electron chi connectivity index (χ4n) is 2.88. The fourth-order valence-corrected chi connectivity index (χ4v) is 3.98. The van der Waals surface area contributed by atoms with Crippen LogP contribution in [0.1, 0.15) is 43.4 Å². The molecule has 1 aliphatic carbocycles. The quantitative estimate of drug-likeness (QED) is 0.804. The van der Waals surface area contributed by atoms with Crippen molar-refractivity contribution in [3.8, 4) is 0 Å². The third-order valence-corrected chi connectivity index (χ3v) is 5.25. The number of thiophene rings is 1. The topological polar surface area (TPSA) is 46.3 Å². The minimum atomic E-state index is -0.318. The lowest BCUT2D eigenvalue weighted by Crippen LogP contribution is -2.46. The van der Waals surface area contributed by atoms with E-state index >= 15 is 0 Å². The zero-order valence-corrected chi connectivity index (χ0v) is 13.9. The molecule has 2 N–H and O–H groups in total. The largest absolute Gasteiger partial charge is 0.334 e. The molecule has 1 saturated carbocycles. The van der Waals surface area contributed by atoms with Gasteiger partial charge in [0.15, 0.2) is 0 Å². The van der Waals surface area contributed by atoms with Gasteiger partial charge in [-0.1, -0.05) is 36.9 Å². The van der Waals surface area contributed by atoms with Gasteiger partial charge in [0.05, 0.1) is 10.9 Å². The Balaban J connectivity index is 1.99. The zero-order valence-electron chi connectivity index (χ0n) is 12.3. The summed E-state index contributed by atoms with van der Waals surface area (Å²) < 4.78 is 0.749. The highest BCUT2D eigenvalue weighted by molar-refractivity contribution is 7.16. The molecular weight excluding hydrogens is 304 g/mol. The van der Waals surface area contributed by atoms with Crippen molar-refractivity contribution < 1.29 is 4.79 Å². The Labute approximate surface area is 135 Å². The maximum absolute atomic E-state index is 12.6. The van der Waals surface area contributed by atoms with Crippen molar-refractivity contribution in [3.63, 3.8) is 0 Å². The molecule has 0 bridgehead atoms. The summed E-state index contributed by atoms with van der Waals surface area (Å²) >= 11 is 7.46. The summed E-state index contributed by atoms with van der Waals surface area (Å²) in [6.07, 6.45) is 7.59. The van der Waals surface area contributed by atoms with E-state index in [2.05, 4.69) is 6.58 Å². The second kappa shape index (κ2) is 7.43. The lowest BCUT2D eigenvalue weighted by Gasteiger charge is -2.34. The van der Waals surface area contributed by atoms with Crippen molar-refractivity contribution in [2.45, 2.75) is 50.6 Å². The number of halogens is 1. The van der Waals surface area contributed by atoms with Crippen molar-refractivity contribution in [2.75, 3.05) is 6.54 Å². The second-order valence-corrected chi connectivity index (χ2v) is 7.67. The third kappa shape index (κ3) is 4.83. The van der Waals surface area contributed by atoms with Crippen LogP contribution < -0.4 is 5.73 Å². The zero-order chi connectivity index (χ0) is 15.3. The van der Waals surface area contributed by atoms with Crippen LogP contribution in [0.15, 0.2) is 24.8 Å². The Kier molecular flexibility index (Phi) is 5.85. The number of rotatable bonds is 6. The molecule has 1 aromatic rings. The average molecular weight is 327 g/mol. The molecule has 1 heterocycles. The standard InChI is InChI=1S/C16H23ClN2OS/c1-2-10-19(12-13-6-7-14(17)21-13)15(20)11-16(18)8-4-3-5-9-16/h2,6-7H,1,3-5,8-12,18H2. The van der Waals surface area contributed by atoms with E-state index < -0.39 is 0 Å². The third-order valence-electron chi connectivity index (χ3n) is 4.03. The Hall–Kier alpha value is -0.840. The first kappa shape index (κ1) is 16.5. The van der Waals surface area contributed by atoms with E-state index in [4.69, 9.17) is 17.3 Å². The molecule has 0 aromatic carbocycles. The molecule has 116 valence electrons. The van der Waals surface area contributed by atoms with E-state index in [9.17, 15) is 4.79 Å². The summed E-state index contributed by atoms with van der Waals surface area (Å²) in [5.74, 6) is 0.115. The van der Waals surface area contributed by atoms with Crippen LogP contribution in [-0.2, 0) is 11.3 Å². The Morgan fingerprint density at radius 1 is 1.43 bits per heavy atom. The molecule has 1 aliphatic rings. The van der Waals surface area contributed by atoms with Gasteiger partial charge in [-0.3, -0.25) is 4.79 Å². The molecule has 0 unspecified atom stereocenters. The Morgan fingerprint density at radius 2 is 2.14 bits per heavy atom. The van der Waals surface area contributed by atoms with Crippen molar-refractivity contribution in [1.82, 2.24) is 4.90 Å². The Bertz CT molecular complexity index is 494. The predicted octanol–water partition coefficient (Wildman–Crippen LogP) is 3.97. The smallest absolute Gasteiger partial charge is 0.225 e. The van der Waals surface area contributed by atoms with Crippen LogP contribution in [0, 0.1) is 0 Å². The number of hydrogen-bond donors (Lipinski definition) is 1. The lowest BCUT2D eigenvalue weighted by molar-refractivity contribution is -0.132. The van der Waals surface area contributed by atoms with Crippen LogP contribution >= 0.6 is 22.9 Å². The molecule has 0 spiro atoms. The highest BCUT2D eigenvalue weighted by Gasteiger charge is 2.31. The van der Waals surface area contributed by atoms with E-state index in [1.54, 1.807) is 6.08 Å². The van der Waals surface area contributed by atoms with Gasteiger partial charge in [-0.25, -0.2) is 0 Å². The highest BCUT2D eigenvalue weighted by atomic mass is 35.5. The van der Waals surface area contributed by atoms with Crippen LogP contribution in [0.25, 0.3) is 0 Å². The van der Waals surface area contributed by atoms with E-state index in [0.717, 1.165) is 34.9 Å². The van der Waals surface area contributed by atoms with Gasteiger partial charge in [-0.05, 0) is 25.0 Å². The lowest BCUT2D eigenvalue weighted by atomic mass is 9.80. The van der Waals surface area contributed by atoms with Crippen molar-refractivity contribution in [2.24, 2.45) is 5.73 Å². The second-order valence-electron chi connectivity index (χ2n) is 5.87. The van der Waals surface area contributed by atoms with E-state index in [1.165, 1.54) is 17.8 Å². The van der Waals surface area contributed by atoms with Crippen LogP contribution in [-0.4, -0.2) is 22.9 Å². The first-order chi connectivity index (χ1) is 10.0. The van der Waals surface area contributed by atoms with Crippen molar-refractivity contribution >= 4 is 28.8 Å². The molecule has 1 amide bonds. The molecule has 0 radical (unpaired) electrons. The summed E-state index contributed by atoms with van der Waals surface area (Å²) in [6, 6.07) is 3.83. The monoisotopic (exact) mass is 326 g/mol. The minimum absolute atomic E-state index is 0.115. The molecule has 2 rings (SSSR count). The maximum Gasteiger partial charge on any atom is 0.225 e. The van der Waals surface area contributed by atoms with Crippen LogP contribution in [0.5, 0.6) is 0 Å².